The second kappa shape index (κ2) is 3.82. The standard InChI is InChI=1S/C13H18N4/c1-9-16-11-3-2-10(6-12(11)17-9)7-15-8-13(14)4-5-13/h2-3,6,15H,4-5,7-8,14H2,1H3,(H,16,17). The summed E-state index contributed by atoms with van der Waals surface area (Å²) in [5.74, 6) is 0.962. The van der Waals surface area contributed by atoms with E-state index in [4.69, 9.17) is 5.73 Å². The molecule has 4 N–H and O–H groups in total. The lowest BCUT2D eigenvalue weighted by molar-refractivity contribution is 0.569. The third-order valence-electron chi connectivity index (χ3n) is 3.36. The van der Waals surface area contributed by atoms with Crippen LogP contribution in [0.15, 0.2) is 18.2 Å². The van der Waals surface area contributed by atoms with Gasteiger partial charge < -0.3 is 16.0 Å². The first kappa shape index (κ1) is 10.7. The Balaban J connectivity index is 1.67. The number of rotatable bonds is 4. The number of aryl methyl sites for hydroxylation is 1. The summed E-state index contributed by atoms with van der Waals surface area (Å²) in [4.78, 5) is 7.64. The number of aromatic nitrogens is 2. The Hall–Kier alpha value is -1.39. The first-order valence-corrected chi connectivity index (χ1v) is 6.10. The van der Waals surface area contributed by atoms with E-state index in [-0.39, 0.29) is 5.54 Å². The van der Waals surface area contributed by atoms with E-state index >= 15 is 0 Å². The van der Waals surface area contributed by atoms with Crippen molar-refractivity contribution in [3.63, 3.8) is 0 Å². The monoisotopic (exact) mass is 230 g/mol. The molecule has 1 aromatic heterocycles. The molecule has 0 atom stereocenters. The molecule has 0 unspecified atom stereocenters. The molecule has 1 aliphatic carbocycles. The topological polar surface area (TPSA) is 66.7 Å². The molecule has 2 aromatic rings. The van der Waals surface area contributed by atoms with Crippen LogP contribution in [-0.4, -0.2) is 22.1 Å². The van der Waals surface area contributed by atoms with Crippen molar-refractivity contribution in [2.24, 2.45) is 5.73 Å². The molecular weight excluding hydrogens is 212 g/mol. The number of hydrogen-bond donors (Lipinski definition) is 3. The van der Waals surface area contributed by atoms with E-state index in [2.05, 4.69) is 33.5 Å². The highest BCUT2D eigenvalue weighted by Crippen LogP contribution is 2.31. The van der Waals surface area contributed by atoms with Gasteiger partial charge >= 0.3 is 0 Å². The summed E-state index contributed by atoms with van der Waals surface area (Å²) in [7, 11) is 0. The van der Waals surface area contributed by atoms with Crippen molar-refractivity contribution in [2.75, 3.05) is 6.54 Å². The molecule has 3 rings (SSSR count). The molecule has 0 saturated heterocycles. The minimum absolute atomic E-state index is 0.0781. The van der Waals surface area contributed by atoms with Crippen LogP contribution in [0.5, 0.6) is 0 Å². The smallest absolute Gasteiger partial charge is 0.104 e. The number of fused-ring (bicyclic) bond motifs is 1. The third-order valence-corrected chi connectivity index (χ3v) is 3.36. The molecule has 0 spiro atoms. The summed E-state index contributed by atoms with van der Waals surface area (Å²) in [6, 6.07) is 6.33. The summed E-state index contributed by atoms with van der Waals surface area (Å²) in [5, 5.41) is 3.42. The Morgan fingerprint density at radius 3 is 3.06 bits per heavy atom. The van der Waals surface area contributed by atoms with Gasteiger partial charge in [0.1, 0.15) is 5.82 Å². The molecule has 0 radical (unpaired) electrons. The lowest BCUT2D eigenvalue weighted by Crippen LogP contribution is -2.35. The third kappa shape index (κ3) is 2.33. The van der Waals surface area contributed by atoms with Gasteiger partial charge in [-0.15, -0.1) is 0 Å². The highest BCUT2D eigenvalue weighted by Gasteiger charge is 2.37. The van der Waals surface area contributed by atoms with Crippen molar-refractivity contribution in [3.05, 3.63) is 29.6 Å². The van der Waals surface area contributed by atoms with Gasteiger partial charge in [0.25, 0.3) is 0 Å². The largest absolute Gasteiger partial charge is 0.342 e. The van der Waals surface area contributed by atoms with Crippen LogP contribution >= 0.6 is 0 Å². The Labute approximate surface area is 101 Å². The average Bonchev–Trinajstić information content (AvgIpc) is 2.89. The maximum atomic E-state index is 6.03. The zero-order chi connectivity index (χ0) is 11.9. The molecule has 0 aliphatic heterocycles. The van der Waals surface area contributed by atoms with E-state index in [0.29, 0.717) is 0 Å². The average molecular weight is 230 g/mol. The summed E-state index contributed by atoms with van der Waals surface area (Å²) in [6.45, 7) is 3.75. The normalized spacial score (nSPS) is 17.5. The zero-order valence-corrected chi connectivity index (χ0v) is 10.1. The van der Waals surface area contributed by atoms with Gasteiger partial charge in [-0.3, -0.25) is 0 Å². The second-order valence-electron chi connectivity index (χ2n) is 5.14. The van der Waals surface area contributed by atoms with Crippen molar-refractivity contribution in [1.29, 1.82) is 0 Å². The number of H-pyrrole nitrogens is 1. The van der Waals surface area contributed by atoms with Crippen LogP contribution in [-0.2, 0) is 6.54 Å². The molecule has 1 saturated carbocycles. The Morgan fingerprint density at radius 1 is 1.47 bits per heavy atom. The highest BCUT2D eigenvalue weighted by molar-refractivity contribution is 5.75. The van der Waals surface area contributed by atoms with Gasteiger partial charge in [-0.25, -0.2) is 4.98 Å². The highest BCUT2D eigenvalue weighted by atomic mass is 15.0. The van der Waals surface area contributed by atoms with Crippen LogP contribution in [0, 0.1) is 6.92 Å². The van der Waals surface area contributed by atoms with Gasteiger partial charge in [-0.1, -0.05) is 6.07 Å². The SMILES string of the molecule is Cc1nc2ccc(CNCC3(N)CC3)cc2[nH]1. The van der Waals surface area contributed by atoms with E-state index < -0.39 is 0 Å². The van der Waals surface area contributed by atoms with E-state index in [1.807, 2.05) is 6.92 Å². The van der Waals surface area contributed by atoms with Crippen molar-refractivity contribution in [3.8, 4) is 0 Å². The predicted octanol–water partition coefficient (Wildman–Crippen LogP) is 1.45. The van der Waals surface area contributed by atoms with Gasteiger partial charge in [-0.2, -0.15) is 0 Å². The number of benzene rings is 1. The fourth-order valence-corrected chi connectivity index (χ4v) is 2.09. The number of hydrogen-bond acceptors (Lipinski definition) is 3. The first-order valence-electron chi connectivity index (χ1n) is 6.10. The Bertz CT molecular complexity index is 539. The van der Waals surface area contributed by atoms with Gasteiger partial charge in [-0.05, 0) is 37.5 Å². The minimum atomic E-state index is 0.0781. The van der Waals surface area contributed by atoms with Crippen molar-refractivity contribution in [2.45, 2.75) is 31.8 Å². The van der Waals surface area contributed by atoms with Crippen LogP contribution in [0.4, 0.5) is 0 Å². The predicted molar refractivity (Wildman–Crippen MR) is 68.7 cm³/mol. The number of nitrogens with one attached hydrogen (secondary N) is 2. The summed E-state index contributed by atoms with van der Waals surface area (Å²) >= 11 is 0. The van der Waals surface area contributed by atoms with Crippen molar-refractivity contribution >= 4 is 11.0 Å². The fourth-order valence-electron chi connectivity index (χ4n) is 2.09. The summed E-state index contributed by atoms with van der Waals surface area (Å²) < 4.78 is 0. The lowest BCUT2D eigenvalue weighted by Gasteiger charge is -2.10. The van der Waals surface area contributed by atoms with Gasteiger partial charge in [0.15, 0.2) is 0 Å². The minimum Gasteiger partial charge on any atom is -0.342 e. The number of imidazole rings is 1. The molecule has 0 amide bonds. The molecule has 1 aliphatic rings. The molecule has 4 heteroatoms. The van der Waals surface area contributed by atoms with Crippen molar-refractivity contribution in [1.82, 2.24) is 15.3 Å². The van der Waals surface area contributed by atoms with E-state index in [1.165, 1.54) is 5.56 Å². The maximum absolute atomic E-state index is 6.03. The Kier molecular flexibility index (Phi) is 2.42. The van der Waals surface area contributed by atoms with Crippen LogP contribution in [0.1, 0.15) is 24.2 Å². The molecule has 90 valence electrons. The van der Waals surface area contributed by atoms with Crippen LogP contribution in [0.2, 0.25) is 0 Å². The zero-order valence-electron chi connectivity index (χ0n) is 10.1. The molecule has 0 bridgehead atoms. The maximum Gasteiger partial charge on any atom is 0.104 e. The van der Waals surface area contributed by atoms with Gasteiger partial charge in [0, 0.05) is 18.6 Å². The molecule has 4 nitrogen and oxygen atoms in total. The molecule has 1 aromatic carbocycles. The molecule has 1 fully saturated rings. The summed E-state index contributed by atoms with van der Waals surface area (Å²) in [5.41, 5.74) is 9.51. The number of nitrogens with two attached hydrogens (primary N) is 1. The van der Waals surface area contributed by atoms with Gasteiger partial charge in [0.05, 0.1) is 11.0 Å². The number of aromatic amines is 1. The second-order valence-corrected chi connectivity index (χ2v) is 5.14. The quantitative estimate of drug-likeness (QED) is 0.744. The fraction of sp³-hybridized carbons (Fsp3) is 0.462. The van der Waals surface area contributed by atoms with Crippen LogP contribution in [0.25, 0.3) is 11.0 Å². The summed E-state index contributed by atoms with van der Waals surface area (Å²) in [6.07, 6.45) is 2.30. The van der Waals surface area contributed by atoms with E-state index in [0.717, 1.165) is 42.8 Å². The van der Waals surface area contributed by atoms with Gasteiger partial charge in [0.2, 0.25) is 0 Å². The number of nitrogens with zero attached hydrogens (tertiary/aromatic N) is 1. The van der Waals surface area contributed by atoms with Crippen LogP contribution < -0.4 is 11.1 Å². The van der Waals surface area contributed by atoms with Crippen LogP contribution in [0.3, 0.4) is 0 Å². The lowest BCUT2D eigenvalue weighted by atomic mass is 10.2. The van der Waals surface area contributed by atoms with E-state index in [9.17, 15) is 0 Å². The first-order chi connectivity index (χ1) is 8.15. The van der Waals surface area contributed by atoms with E-state index in [1.54, 1.807) is 0 Å². The molecule has 17 heavy (non-hydrogen) atoms. The van der Waals surface area contributed by atoms with Crippen molar-refractivity contribution < 1.29 is 0 Å². The Morgan fingerprint density at radius 2 is 2.29 bits per heavy atom. The molecular formula is C13H18N4. The molecule has 1 heterocycles.